The van der Waals surface area contributed by atoms with Gasteiger partial charge in [-0.1, -0.05) is 12.1 Å². The molecule has 46 valence electrons. The van der Waals surface area contributed by atoms with Crippen LogP contribution in [0.1, 0.15) is 0 Å². The van der Waals surface area contributed by atoms with Crippen LogP contribution in [-0.4, -0.2) is 0 Å². The largest absolute Gasteiger partial charge is 0.152 e. The van der Waals surface area contributed by atoms with Crippen LogP contribution in [0.5, 0.6) is 0 Å². The molecule has 1 aromatic heterocycles. The number of thiophene rings is 1. The zero-order valence-electron chi connectivity index (χ0n) is 4.03. The fraction of sp³-hybridized carbons (Fsp3) is 0. The van der Waals surface area contributed by atoms with E-state index in [1.54, 1.807) is 11.3 Å². The SMILES string of the molecule is Cl.Cl.[Hf].c1ccsc1. The average molecular weight is 336 g/mol. The maximum Gasteiger partial charge on any atom is 0 e. The molecule has 1 aromatic rings. The van der Waals surface area contributed by atoms with Crippen molar-refractivity contribution in [3.8, 4) is 0 Å². The molecule has 0 bridgehead atoms. The summed E-state index contributed by atoms with van der Waals surface area (Å²) in [5.41, 5.74) is 0. The predicted octanol–water partition coefficient (Wildman–Crippen LogP) is 2.59. The van der Waals surface area contributed by atoms with Crippen LogP contribution < -0.4 is 0 Å². The van der Waals surface area contributed by atoms with E-state index in [0.29, 0.717) is 0 Å². The summed E-state index contributed by atoms with van der Waals surface area (Å²) in [7, 11) is 0. The van der Waals surface area contributed by atoms with E-state index in [0.717, 1.165) is 0 Å². The van der Waals surface area contributed by atoms with Gasteiger partial charge in [-0.15, -0.1) is 24.8 Å². The van der Waals surface area contributed by atoms with E-state index in [4.69, 9.17) is 0 Å². The van der Waals surface area contributed by atoms with E-state index in [1.165, 1.54) is 0 Å². The van der Waals surface area contributed by atoms with E-state index in [-0.39, 0.29) is 50.7 Å². The van der Waals surface area contributed by atoms with Crippen LogP contribution in [0, 0.1) is 0 Å². The molecule has 0 saturated carbocycles. The molecule has 0 saturated heterocycles. The summed E-state index contributed by atoms with van der Waals surface area (Å²) < 4.78 is 0. The van der Waals surface area contributed by atoms with Gasteiger partial charge in [-0.2, -0.15) is 11.3 Å². The van der Waals surface area contributed by atoms with Crippen LogP contribution in [0.2, 0.25) is 0 Å². The molecular weight excluding hydrogens is 330 g/mol. The minimum Gasteiger partial charge on any atom is -0.152 e. The van der Waals surface area contributed by atoms with Crippen LogP contribution in [0.4, 0.5) is 0 Å². The summed E-state index contributed by atoms with van der Waals surface area (Å²) in [5.74, 6) is 0. The first-order valence-corrected chi connectivity index (χ1v) is 2.41. The van der Waals surface area contributed by atoms with Gasteiger partial charge in [0, 0.05) is 25.8 Å². The molecule has 0 atom stereocenters. The summed E-state index contributed by atoms with van der Waals surface area (Å²) in [5, 5.41) is 4.08. The van der Waals surface area contributed by atoms with E-state index in [1.807, 2.05) is 22.9 Å². The van der Waals surface area contributed by atoms with Crippen LogP contribution in [0.3, 0.4) is 0 Å². The second-order valence-electron chi connectivity index (χ2n) is 0.793. The van der Waals surface area contributed by atoms with Crippen molar-refractivity contribution >= 4 is 36.2 Å². The Bertz CT molecular complexity index is 70.5. The summed E-state index contributed by atoms with van der Waals surface area (Å²) in [4.78, 5) is 0. The average Bonchev–Trinajstić information content (AvgIpc) is 1.76. The van der Waals surface area contributed by atoms with E-state index in [9.17, 15) is 0 Å². The fourth-order valence-electron chi connectivity index (χ4n) is 0.227. The maximum absolute atomic E-state index is 2.04. The molecule has 0 radical (unpaired) electrons. The van der Waals surface area contributed by atoms with Gasteiger partial charge in [-0.05, 0) is 10.8 Å². The van der Waals surface area contributed by atoms with Crippen molar-refractivity contribution in [1.82, 2.24) is 0 Å². The Morgan fingerprint density at radius 3 is 1.38 bits per heavy atom. The molecule has 0 aliphatic heterocycles. The second kappa shape index (κ2) is 11.0. The Morgan fingerprint density at radius 2 is 1.25 bits per heavy atom. The molecule has 0 spiro atoms. The van der Waals surface area contributed by atoms with Crippen LogP contribution in [0.25, 0.3) is 0 Å². The van der Waals surface area contributed by atoms with Crippen molar-refractivity contribution in [3.63, 3.8) is 0 Å². The molecule has 0 N–H and O–H groups in total. The van der Waals surface area contributed by atoms with Gasteiger partial charge in [-0.25, -0.2) is 0 Å². The Morgan fingerprint density at radius 1 is 0.875 bits per heavy atom. The van der Waals surface area contributed by atoms with Gasteiger partial charge < -0.3 is 0 Å². The smallest absolute Gasteiger partial charge is 0 e. The van der Waals surface area contributed by atoms with Crippen molar-refractivity contribution in [3.05, 3.63) is 22.9 Å². The van der Waals surface area contributed by atoms with Crippen molar-refractivity contribution in [2.75, 3.05) is 0 Å². The summed E-state index contributed by atoms with van der Waals surface area (Å²) in [6.07, 6.45) is 0. The first-order valence-electron chi connectivity index (χ1n) is 1.47. The molecule has 0 amide bonds. The van der Waals surface area contributed by atoms with Gasteiger partial charge in [0.1, 0.15) is 0 Å². The van der Waals surface area contributed by atoms with Crippen molar-refractivity contribution in [1.29, 1.82) is 0 Å². The van der Waals surface area contributed by atoms with Crippen LogP contribution in [0.15, 0.2) is 22.9 Å². The van der Waals surface area contributed by atoms with Gasteiger partial charge in [0.15, 0.2) is 0 Å². The third kappa shape index (κ3) is 7.15. The molecule has 1 heterocycles. The monoisotopic (exact) mass is 336 g/mol. The molecule has 0 nitrogen and oxygen atoms in total. The van der Waals surface area contributed by atoms with E-state index >= 15 is 0 Å². The van der Waals surface area contributed by atoms with E-state index in [2.05, 4.69) is 0 Å². The third-order valence-electron chi connectivity index (χ3n) is 0.425. The number of hydrogen-bond donors (Lipinski definition) is 0. The topological polar surface area (TPSA) is 0 Å². The Balaban J connectivity index is -0.0000000833. The first kappa shape index (κ1) is 16.1. The quantitative estimate of drug-likeness (QED) is 0.639. The predicted molar refractivity (Wildman–Crippen MR) is 38.8 cm³/mol. The minimum atomic E-state index is 0. The molecule has 1 rings (SSSR count). The van der Waals surface area contributed by atoms with Gasteiger partial charge in [0.05, 0.1) is 0 Å². The van der Waals surface area contributed by atoms with Crippen molar-refractivity contribution in [2.45, 2.75) is 0 Å². The van der Waals surface area contributed by atoms with Gasteiger partial charge in [-0.3, -0.25) is 0 Å². The summed E-state index contributed by atoms with van der Waals surface area (Å²) in [6.45, 7) is 0. The normalized spacial score (nSPS) is 5.00. The van der Waals surface area contributed by atoms with Gasteiger partial charge in [0.2, 0.25) is 0 Å². The zero-order valence-corrected chi connectivity index (χ0v) is 10.1. The van der Waals surface area contributed by atoms with Crippen molar-refractivity contribution in [2.24, 2.45) is 0 Å². The van der Waals surface area contributed by atoms with Crippen LogP contribution >= 0.6 is 36.2 Å². The Labute approximate surface area is 84.3 Å². The van der Waals surface area contributed by atoms with E-state index < -0.39 is 0 Å². The Hall–Kier alpha value is 1.15. The molecule has 0 aliphatic carbocycles. The summed E-state index contributed by atoms with van der Waals surface area (Å²) in [6, 6.07) is 4.04. The number of hydrogen-bond acceptors (Lipinski definition) is 1. The third-order valence-corrected chi connectivity index (χ3v) is 1.05. The maximum atomic E-state index is 2.04. The fourth-order valence-corrected chi connectivity index (χ4v) is 0.680. The first-order chi connectivity index (χ1) is 2.50. The van der Waals surface area contributed by atoms with Gasteiger partial charge >= 0.3 is 0 Å². The molecule has 0 aromatic carbocycles. The molecule has 0 fully saturated rings. The standard InChI is InChI=1S/C4H4S.2ClH.Hf/c1-2-4-5-3-1;;;/h1-4H;2*1H;. The molecular formula is C4H6Cl2HfS. The van der Waals surface area contributed by atoms with Gasteiger partial charge in [0.25, 0.3) is 0 Å². The minimum absolute atomic E-state index is 0. The van der Waals surface area contributed by atoms with Crippen LogP contribution in [-0.2, 0) is 25.8 Å². The Kier molecular flexibility index (Phi) is 22.1. The molecule has 4 heteroatoms. The second-order valence-corrected chi connectivity index (χ2v) is 1.61. The number of halogens is 2. The van der Waals surface area contributed by atoms with Crippen molar-refractivity contribution < 1.29 is 25.8 Å². The molecule has 0 aliphatic rings. The molecule has 0 unspecified atom stereocenters. The molecule has 8 heavy (non-hydrogen) atoms. The number of rotatable bonds is 0. The summed E-state index contributed by atoms with van der Waals surface area (Å²) >= 11 is 1.71. The zero-order chi connectivity index (χ0) is 3.54.